The third kappa shape index (κ3) is 4.40. The molecule has 1 heterocycles. The number of hydrogen-bond donors (Lipinski definition) is 0. The van der Waals surface area contributed by atoms with Crippen molar-refractivity contribution in [3.8, 4) is 0 Å². The van der Waals surface area contributed by atoms with Crippen molar-refractivity contribution in [2.45, 2.75) is 25.7 Å². The molecule has 0 amide bonds. The van der Waals surface area contributed by atoms with Crippen LogP contribution in [0.25, 0.3) is 0 Å². The molecule has 0 aromatic heterocycles. The predicted octanol–water partition coefficient (Wildman–Crippen LogP) is 1.56. The molecule has 0 aromatic carbocycles. The van der Waals surface area contributed by atoms with Gasteiger partial charge in [0.1, 0.15) is 0 Å². The van der Waals surface area contributed by atoms with Gasteiger partial charge in [-0.25, -0.2) is 5.11 Å². The van der Waals surface area contributed by atoms with E-state index in [2.05, 4.69) is 4.90 Å². The van der Waals surface area contributed by atoms with Gasteiger partial charge in [-0.15, -0.1) is 0 Å². The summed E-state index contributed by atoms with van der Waals surface area (Å²) in [6.07, 6.45) is 4.54. The van der Waals surface area contributed by atoms with E-state index in [0.29, 0.717) is 0 Å². The van der Waals surface area contributed by atoms with Crippen molar-refractivity contribution in [1.29, 1.82) is 0 Å². The van der Waals surface area contributed by atoms with E-state index in [-0.39, 0.29) is 6.61 Å². The van der Waals surface area contributed by atoms with E-state index in [0.717, 1.165) is 31.9 Å². The van der Waals surface area contributed by atoms with Gasteiger partial charge in [0, 0.05) is 13.7 Å². The predicted molar refractivity (Wildman–Crippen MR) is 55.8 cm³/mol. The van der Waals surface area contributed by atoms with Gasteiger partial charge in [0.25, 0.3) is 0 Å². The Kier molecular flexibility index (Phi) is 6.15. The molecule has 1 rings (SSSR count). The number of nitrogens with zero attached hydrogens (tertiary/aromatic N) is 1. The Morgan fingerprint density at radius 3 is 2.64 bits per heavy atom. The van der Waals surface area contributed by atoms with E-state index in [1.54, 1.807) is 7.11 Å². The highest BCUT2D eigenvalue weighted by atomic mass is 16.5. The summed E-state index contributed by atoms with van der Waals surface area (Å²) in [6, 6.07) is 0. The zero-order chi connectivity index (χ0) is 10.2. The molecule has 1 radical (unpaired) electrons. The summed E-state index contributed by atoms with van der Waals surface area (Å²) >= 11 is 0. The van der Waals surface area contributed by atoms with Crippen LogP contribution in [0.5, 0.6) is 0 Å². The van der Waals surface area contributed by atoms with Gasteiger partial charge < -0.3 is 9.64 Å². The Hall–Kier alpha value is -0.120. The molecule has 0 spiro atoms. The minimum atomic E-state index is 0.101. The largest absolute Gasteiger partial charge is 0.383 e. The van der Waals surface area contributed by atoms with Crippen LogP contribution in [0, 0.1) is 5.92 Å². The lowest BCUT2D eigenvalue weighted by Gasteiger charge is -2.31. The van der Waals surface area contributed by atoms with Gasteiger partial charge in [-0.2, -0.15) is 0 Å². The van der Waals surface area contributed by atoms with Crippen LogP contribution in [-0.2, 0) is 9.84 Å². The Bertz CT molecular complexity index is 117. The molecular weight excluding hydrogens is 178 g/mol. The standard InChI is InChI=1S/C11H22NO2/c1-14-10-8-12-6-4-11(5-7-12)3-2-9-13/h11H,2-10H2,1H3. The lowest BCUT2D eigenvalue weighted by Crippen LogP contribution is -2.35. The Labute approximate surface area is 87.1 Å². The van der Waals surface area contributed by atoms with Gasteiger partial charge in [0.15, 0.2) is 0 Å². The first-order valence-electron chi connectivity index (χ1n) is 5.66. The van der Waals surface area contributed by atoms with Crippen LogP contribution in [0.4, 0.5) is 0 Å². The Morgan fingerprint density at radius 1 is 1.36 bits per heavy atom. The number of ether oxygens (including phenoxy) is 1. The van der Waals surface area contributed by atoms with Crippen molar-refractivity contribution in [2.75, 3.05) is 40.0 Å². The number of piperidine rings is 1. The molecule has 3 heteroatoms. The maximum Gasteiger partial charge on any atom is 0.0822 e. The van der Waals surface area contributed by atoms with Gasteiger partial charge >= 0.3 is 0 Å². The second kappa shape index (κ2) is 7.21. The Morgan fingerprint density at radius 2 is 2.07 bits per heavy atom. The van der Waals surface area contributed by atoms with Crippen molar-refractivity contribution in [1.82, 2.24) is 4.90 Å². The van der Waals surface area contributed by atoms with E-state index in [9.17, 15) is 5.11 Å². The average Bonchev–Trinajstić information content (AvgIpc) is 2.25. The monoisotopic (exact) mass is 200 g/mol. The van der Waals surface area contributed by atoms with E-state index < -0.39 is 0 Å². The summed E-state index contributed by atoms with van der Waals surface area (Å²) in [7, 11) is 1.75. The van der Waals surface area contributed by atoms with Gasteiger partial charge in [-0.05, 0) is 44.7 Å². The van der Waals surface area contributed by atoms with Crippen molar-refractivity contribution < 1.29 is 9.84 Å². The summed E-state index contributed by atoms with van der Waals surface area (Å²) in [6.45, 7) is 4.37. The zero-order valence-corrected chi connectivity index (χ0v) is 9.21. The summed E-state index contributed by atoms with van der Waals surface area (Å²) in [5.74, 6) is 0.808. The fourth-order valence-electron chi connectivity index (χ4n) is 2.09. The van der Waals surface area contributed by atoms with E-state index in [1.807, 2.05) is 0 Å². The first-order chi connectivity index (χ1) is 6.86. The molecule has 0 aliphatic carbocycles. The maximum absolute atomic E-state index is 10.4. The number of rotatable bonds is 6. The number of likely N-dealkylation sites (tertiary alicyclic amines) is 1. The molecule has 0 bridgehead atoms. The van der Waals surface area contributed by atoms with E-state index in [1.165, 1.54) is 25.9 Å². The third-order valence-electron chi connectivity index (χ3n) is 3.08. The van der Waals surface area contributed by atoms with Crippen LogP contribution in [0.15, 0.2) is 0 Å². The molecule has 1 fully saturated rings. The van der Waals surface area contributed by atoms with Crippen LogP contribution >= 0.6 is 0 Å². The molecule has 3 nitrogen and oxygen atoms in total. The molecule has 14 heavy (non-hydrogen) atoms. The van der Waals surface area contributed by atoms with Crippen LogP contribution in [0.3, 0.4) is 0 Å². The molecule has 1 aliphatic rings. The SMILES string of the molecule is COCCN1CCC(CCC[O])CC1. The molecular formula is C11H22NO2. The summed E-state index contributed by atoms with van der Waals surface area (Å²) in [5.41, 5.74) is 0. The average molecular weight is 200 g/mol. The molecule has 0 atom stereocenters. The van der Waals surface area contributed by atoms with Gasteiger partial charge in [-0.1, -0.05) is 0 Å². The quantitative estimate of drug-likeness (QED) is 0.651. The van der Waals surface area contributed by atoms with Gasteiger partial charge in [0.2, 0.25) is 0 Å². The highest BCUT2D eigenvalue weighted by Gasteiger charge is 2.17. The summed E-state index contributed by atoms with van der Waals surface area (Å²) in [5, 5.41) is 10.4. The topological polar surface area (TPSA) is 32.4 Å². The lowest BCUT2D eigenvalue weighted by molar-refractivity contribution is 0.113. The number of methoxy groups -OCH3 is 1. The minimum Gasteiger partial charge on any atom is -0.383 e. The molecule has 0 aromatic rings. The van der Waals surface area contributed by atoms with Crippen LogP contribution in [0.1, 0.15) is 25.7 Å². The lowest BCUT2D eigenvalue weighted by atomic mass is 9.92. The summed E-state index contributed by atoms with van der Waals surface area (Å²) in [4.78, 5) is 2.46. The second-order valence-electron chi connectivity index (χ2n) is 4.12. The molecule has 0 N–H and O–H groups in total. The third-order valence-corrected chi connectivity index (χ3v) is 3.08. The van der Waals surface area contributed by atoms with Crippen molar-refractivity contribution in [3.05, 3.63) is 0 Å². The van der Waals surface area contributed by atoms with Crippen molar-refractivity contribution in [3.63, 3.8) is 0 Å². The second-order valence-corrected chi connectivity index (χ2v) is 4.12. The Balaban J connectivity index is 2.05. The molecule has 0 saturated carbocycles. The minimum absolute atomic E-state index is 0.101. The number of hydrogen-bond acceptors (Lipinski definition) is 2. The van der Waals surface area contributed by atoms with Crippen LogP contribution in [-0.4, -0.2) is 44.9 Å². The first kappa shape index (κ1) is 12.0. The fourth-order valence-corrected chi connectivity index (χ4v) is 2.09. The maximum atomic E-state index is 10.4. The van der Waals surface area contributed by atoms with Crippen LogP contribution in [0.2, 0.25) is 0 Å². The van der Waals surface area contributed by atoms with Gasteiger partial charge in [-0.3, -0.25) is 0 Å². The molecule has 1 saturated heterocycles. The van der Waals surface area contributed by atoms with Gasteiger partial charge in [0.05, 0.1) is 13.2 Å². The molecule has 0 unspecified atom stereocenters. The van der Waals surface area contributed by atoms with E-state index in [4.69, 9.17) is 4.74 Å². The van der Waals surface area contributed by atoms with Crippen molar-refractivity contribution in [2.24, 2.45) is 5.92 Å². The smallest absolute Gasteiger partial charge is 0.0822 e. The molecule has 83 valence electrons. The highest BCUT2D eigenvalue weighted by Crippen LogP contribution is 2.21. The summed E-state index contributed by atoms with van der Waals surface area (Å²) < 4.78 is 5.05. The molecule has 1 aliphatic heterocycles. The fraction of sp³-hybridized carbons (Fsp3) is 1.00. The normalized spacial score (nSPS) is 20.1. The van der Waals surface area contributed by atoms with E-state index >= 15 is 0 Å². The van der Waals surface area contributed by atoms with Crippen LogP contribution < -0.4 is 0 Å². The highest BCUT2D eigenvalue weighted by molar-refractivity contribution is 4.71. The zero-order valence-electron chi connectivity index (χ0n) is 9.21. The first-order valence-corrected chi connectivity index (χ1v) is 5.66. The van der Waals surface area contributed by atoms with Crippen molar-refractivity contribution >= 4 is 0 Å².